The first kappa shape index (κ1) is 22.9. The lowest BCUT2D eigenvalue weighted by Crippen LogP contribution is -2.07. The van der Waals surface area contributed by atoms with Crippen molar-refractivity contribution in [2.24, 2.45) is 0 Å². The molecule has 8 nitrogen and oxygen atoms in total. The second-order valence-electron chi connectivity index (χ2n) is 6.94. The summed E-state index contributed by atoms with van der Waals surface area (Å²) in [5, 5.41) is 37.4. The van der Waals surface area contributed by atoms with Crippen molar-refractivity contribution in [1.29, 1.82) is 0 Å². The molecule has 30 heavy (non-hydrogen) atoms. The zero-order valence-corrected chi connectivity index (χ0v) is 16.5. The van der Waals surface area contributed by atoms with Gasteiger partial charge in [0.1, 0.15) is 34.5 Å². The maximum atomic E-state index is 11.8. The van der Waals surface area contributed by atoms with E-state index < -0.39 is 11.9 Å². The van der Waals surface area contributed by atoms with E-state index >= 15 is 0 Å². The van der Waals surface area contributed by atoms with Gasteiger partial charge in [0.25, 0.3) is 0 Å². The Labute approximate surface area is 174 Å². The summed E-state index contributed by atoms with van der Waals surface area (Å²) in [5.74, 6) is -1.37. The molecule has 0 radical (unpaired) electrons. The molecule has 2 rings (SSSR count). The largest absolute Gasteiger partial charge is 0.508 e. The first-order valence-corrected chi connectivity index (χ1v) is 9.79. The van der Waals surface area contributed by atoms with Crippen molar-refractivity contribution in [1.82, 2.24) is 0 Å². The van der Waals surface area contributed by atoms with Gasteiger partial charge in [-0.05, 0) is 12.8 Å². The molecule has 8 heteroatoms. The summed E-state index contributed by atoms with van der Waals surface area (Å²) in [4.78, 5) is 23.5. The first-order chi connectivity index (χ1) is 14.3. The minimum atomic E-state index is -0.430. The molecule has 0 aliphatic carbocycles. The topological polar surface area (TPSA) is 134 Å². The lowest BCUT2D eigenvalue weighted by molar-refractivity contribution is -0.135. The van der Waals surface area contributed by atoms with Crippen LogP contribution in [0.5, 0.6) is 34.5 Å². The zero-order chi connectivity index (χ0) is 21.9. The molecule has 4 N–H and O–H groups in total. The highest BCUT2D eigenvalue weighted by Gasteiger charge is 2.08. The molecule has 0 saturated carbocycles. The Morgan fingerprint density at radius 2 is 0.833 bits per heavy atom. The van der Waals surface area contributed by atoms with E-state index in [9.17, 15) is 30.0 Å². The predicted octanol–water partition coefficient (Wildman–Crippen LogP) is 4.14. The molecule has 0 saturated heterocycles. The maximum absolute atomic E-state index is 11.8. The van der Waals surface area contributed by atoms with Crippen molar-refractivity contribution >= 4 is 11.9 Å². The number of hydrogen-bond acceptors (Lipinski definition) is 8. The number of hydrogen-bond donors (Lipinski definition) is 4. The van der Waals surface area contributed by atoms with Crippen molar-refractivity contribution < 1.29 is 39.5 Å². The summed E-state index contributed by atoms with van der Waals surface area (Å²) < 4.78 is 10.1. The van der Waals surface area contributed by atoms with E-state index in [-0.39, 0.29) is 47.3 Å². The number of unbranched alkanes of at least 4 members (excludes halogenated alkanes) is 5. The number of phenols is 4. The monoisotopic (exact) mass is 418 g/mol. The van der Waals surface area contributed by atoms with Crippen LogP contribution in [0, 0.1) is 0 Å². The predicted molar refractivity (Wildman–Crippen MR) is 108 cm³/mol. The highest BCUT2D eigenvalue weighted by molar-refractivity contribution is 5.73. The van der Waals surface area contributed by atoms with Crippen LogP contribution in [0.4, 0.5) is 0 Å². The first-order valence-electron chi connectivity index (χ1n) is 9.79. The smallest absolute Gasteiger partial charge is 0.311 e. The summed E-state index contributed by atoms with van der Waals surface area (Å²) in [7, 11) is 0. The van der Waals surface area contributed by atoms with Crippen LogP contribution in [0.25, 0.3) is 0 Å². The van der Waals surface area contributed by atoms with E-state index in [4.69, 9.17) is 9.47 Å². The quantitative estimate of drug-likeness (QED) is 0.243. The molecule has 0 aromatic heterocycles. The van der Waals surface area contributed by atoms with Gasteiger partial charge in [-0.25, -0.2) is 0 Å². The van der Waals surface area contributed by atoms with Gasteiger partial charge in [0.15, 0.2) is 0 Å². The minimum Gasteiger partial charge on any atom is -0.508 e. The molecular weight excluding hydrogens is 392 g/mol. The number of esters is 2. The van der Waals surface area contributed by atoms with E-state index in [1.165, 1.54) is 24.3 Å². The van der Waals surface area contributed by atoms with Crippen LogP contribution in [-0.4, -0.2) is 32.4 Å². The third-order valence-electron chi connectivity index (χ3n) is 4.23. The van der Waals surface area contributed by atoms with Gasteiger partial charge in [0.2, 0.25) is 0 Å². The van der Waals surface area contributed by atoms with E-state index in [1.807, 2.05) is 0 Å². The fourth-order valence-corrected chi connectivity index (χ4v) is 2.86. The van der Waals surface area contributed by atoms with Crippen molar-refractivity contribution in [3.8, 4) is 34.5 Å². The van der Waals surface area contributed by atoms with Gasteiger partial charge in [0, 0.05) is 49.2 Å². The van der Waals surface area contributed by atoms with Crippen molar-refractivity contribution in [3.63, 3.8) is 0 Å². The highest BCUT2D eigenvalue weighted by atomic mass is 16.5. The number of ether oxygens (including phenoxy) is 2. The lowest BCUT2D eigenvalue weighted by atomic mass is 10.1. The molecule has 2 aromatic carbocycles. The van der Waals surface area contributed by atoms with Gasteiger partial charge in [-0.2, -0.15) is 0 Å². The van der Waals surface area contributed by atoms with E-state index in [0.29, 0.717) is 12.8 Å². The van der Waals surface area contributed by atoms with Crippen LogP contribution in [-0.2, 0) is 9.59 Å². The number of rotatable bonds is 11. The number of carbonyl (C=O) groups is 2. The molecular formula is C22H26O8. The maximum Gasteiger partial charge on any atom is 0.311 e. The Balaban J connectivity index is 1.51. The Kier molecular flexibility index (Phi) is 8.80. The molecule has 0 fully saturated rings. The average molecular weight is 418 g/mol. The Morgan fingerprint density at radius 3 is 1.17 bits per heavy atom. The van der Waals surface area contributed by atoms with Gasteiger partial charge < -0.3 is 29.9 Å². The Morgan fingerprint density at radius 1 is 0.533 bits per heavy atom. The Bertz CT molecular complexity index is 750. The van der Waals surface area contributed by atoms with Crippen molar-refractivity contribution in [2.75, 3.05) is 0 Å². The Hall–Kier alpha value is -3.42. The van der Waals surface area contributed by atoms with Gasteiger partial charge in [-0.1, -0.05) is 25.7 Å². The summed E-state index contributed by atoms with van der Waals surface area (Å²) >= 11 is 0. The van der Waals surface area contributed by atoms with Crippen molar-refractivity contribution in [3.05, 3.63) is 36.4 Å². The molecule has 0 aliphatic rings. The van der Waals surface area contributed by atoms with E-state index in [2.05, 4.69) is 0 Å². The average Bonchev–Trinajstić information content (AvgIpc) is 2.62. The number of carbonyl (C=O) groups excluding carboxylic acids is 2. The number of benzene rings is 2. The van der Waals surface area contributed by atoms with Gasteiger partial charge in [-0.3, -0.25) is 9.59 Å². The summed E-state index contributed by atoms with van der Waals surface area (Å²) in [6.45, 7) is 0. The molecule has 0 spiro atoms. The fourth-order valence-electron chi connectivity index (χ4n) is 2.86. The fraction of sp³-hybridized carbons (Fsp3) is 0.364. The molecule has 0 unspecified atom stereocenters. The van der Waals surface area contributed by atoms with Crippen LogP contribution >= 0.6 is 0 Å². The normalized spacial score (nSPS) is 10.5. The molecule has 0 aliphatic heterocycles. The molecule has 0 heterocycles. The molecule has 2 aromatic rings. The molecule has 0 atom stereocenters. The number of aromatic hydroxyl groups is 4. The van der Waals surface area contributed by atoms with Gasteiger partial charge >= 0.3 is 11.9 Å². The van der Waals surface area contributed by atoms with E-state index in [1.54, 1.807) is 0 Å². The van der Waals surface area contributed by atoms with Crippen molar-refractivity contribution in [2.45, 2.75) is 51.4 Å². The standard InChI is InChI=1S/C22H26O8/c23-15-9-16(24)12-19(11-15)29-21(27)7-5-3-1-2-4-6-8-22(28)30-20-13-17(25)10-18(26)14-20/h9-14,23-26H,1-8H2. The third kappa shape index (κ3) is 8.72. The van der Waals surface area contributed by atoms with Gasteiger partial charge in [-0.15, -0.1) is 0 Å². The molecule has 162 valence electrons. The summed E-state index contributed by atoms with van der Waals surface area (Å²) in [5.41, 5.74) is 0. The minimum absolute atomic E-state index is 0.102. The second kappa shape index (κ2) is 11.5. The number of phenolic OH excluding ortho intramolecular Hbond substituents is 4. The zero-order valence-electron chi connectivity index (χ0n) is 16.5. The van der Waals surface area contributed by atoms with Crippen LogP contribution in [0.3, 0.4) is 0 Å². The van der Waals surface area contributed by atoms with Gasteiger partial charge in [0.05, 0.1) is 0 Å². The van der Waals surface area contributed by atoms with Crippen LogP contribution in [0.2, 0.25) is 0 Å². The lowest BCUT2D eigenvalue weighted by Gasteiger charge is -2.06. The summed E-state index contributed by atoms with van der Waals surface area (Å²) in [6, 6.07) is 7.32. The molecule has 0 amide bonds. The van der Waals surface area contributed by atoms with Crippen LogP contribution < -0.4 is 9.47 Å². The second-order valence-corrected chi connectivity index (χ2v) is 6.94. The third-order valence-corrected chi connectivity index (χ3v) is 4.23. The highest BCUT2D eigenvalue weighted by Crippen LogP contribution is 2.27. The van der Waals surface area contributed by atoms with Crippen LogP contribution in [0.1, 0.15) is 51.4 Å². The SMILES string of the molecule is O=C(CCCCCCCCC(=O)Oc1cc(O)cc(O)c1)Oc1cc(O)cc(O)c1. The molecule has 0 bridgehead atoms. The van der Waals surface area contributed by atoms with E-state index in [0.717, 1.165) is 37.8 Å². The van der Waals surface area contributed by atoms with Crippen LogP contribution in [0.15, 0.2) is 36.4 Å². The summed E-state index contributed by atoms with van der Waals surface area (Å²) in [6.07, 6.45) is 5.30.